The van der Waals surface area contributed by atoms with E-state index in [1.807, 2.05) is 75.4 Å². The summed E-state index contributed by atoms with van der Waals surface area (Å²) in [5.41, 5.74) is 12.5. The summed E-state index contributed by atoms with van der Waals surface area (Å²) >= 11 is 0. The second-order valence-electron chi connectivity index (χ2n) is 21.2. The van der Waals surface area contributed by atoms with Crippen LogP contribution in [0.4, 0.5) is 18.0 Å². The number of nitrogens with one attached hydrogen (secondary N) is 3. The molecule has 13 nitrogen and oxygen atoms in total. The van der Waals surface area contributed by atoms with Crippen molar-refractivity contribution in [1.82, 2.24) is 15.3 Å². The Balaban J connectivity index is 0.000000174. The van der Waals surface area contributed by atoms with Crippen molar-refractivity contribution in [2.24, 2.45) is 5.73 Å². The molecule has 4 heterocycles. The molecule has 2 saturated carbocycles. The zero-order valence-corrected chi connectivity index (χ0v) is 41.1. The SMILES string of the molecule is CC(C)(C)OC(=O)NCC(C)(C)c1cc2cc(CC(=O)C3(c4ccc5c(c4)OCO5)CC3)ccc2[nH]1.CC(C)(CN)c1cc2cc(CC(=O)C3(c4ccc5c(c4)OCO5)CC3)ccc2[nH]1.O=CC(F)(F)F. The zero-order chi connectivity index (χ0) is 51.1. The standard InChI is InChI=1S/C29H34N2O5.C24H26N2O3.C2HF3O/c1-27(2,3)36-26(33)30-16-28(4,5)24-14-19-12-18(6-8-21(19)31-24)13-25(32)29(10-11-29)20-7-9-22-23(15-20)35-17-34-22;1-23(2,13-25)21-11-16-9-15(3-5-18(16)26-21)10-22(27)24(7-8-24)17-4-6-19-20(12-17)29-14-28-19;3-2(4,5)1-6/h6-9,12,14-15,31H,10-11,13,16-17H2,1-5H3,(H,30,33);3-6,9,11-12,26H,7-8,10,13-14,25H2,1-2H3;1H. The maximum absolute atomic E-state index is 13.4. The lowest BCUT2D eigenvalue weighted by molar-refractivity contribution is -0.156. The highest BCUT2D eigenvalue weighted by molar-refractivity contribution is 5.96. The van der Waals surface area contributed by atoms with E-state index < -0.39 is 29.6 Å². The van der Waals surface area contributed by atoms with Gasteiger partial charge in [-0.05, 0) is 140 Å². The van der Waals surface area contributed by atoms with Crippen molar-refractivity contribution < 1.29 is 56.0 Å². The molecule has 4 aromatic carbocycles. The quantitative estimate of drug-likeness (QED) is 0.0813. The summed E-state index contributed by atoms with van der Waals surface area (Å²) in [5.74, 6) is 3.46. The number of carbonyl (C=O) groups is 4. The summed E-state index contributed by atoms with van der Waals surface area (Å²) in [4.78, 5) is 54.4. The fourth-order valence-electron chi connectivity index (χ4n) is 8.93. The zero-order valence-electron chi connectivity index (χ0n) is 41.1. The van der Waals surface area contributed by atoms with E-state index >= 15 is 0 Å². The van der Waals surface area contributed by atoms with Gasteiger partial charge < -0.3 is 44.7 Å². The Morgan fingerprint density at radius 2 is 1.06 bits per heavy atom. The minimum Gasteiger partial charge on any atom is -0.454 e. The summed E-state index contributed by atoms with van der Waals surface area (Å²) in [6.07, 6.45) is -1.79. The van der Waals surface area contributed by atoms with Crippen molar-refractivity contribution in [3.05, 3.63) is 119 Å². The average molecular weight is 979 g/mol. The van der Waals surface area contributed by atoms with Crippen LogP contribution in [0.15, 0.2) is 84.9 Å². The number of benzene rings is 4. The van der Waals surface area contributed by atoms with Crippen LogP contribution in [-0.4, -0.2) is 72.4 Å². The third kappa shape index (κ3) is 11.4. The molecular formula is C55H61F3N4O9. The molecule has 71 heavy (non-hydrogen) atoms. The second-order valence-corrected chi connectivity index (χ2v) is 21.2. The fraction of sp³-hybridized carbons (Fsp3) is 0.418. The number of alkyl halides is 3. The third-order valence-electron chi connectivity index (χ3n) is 13.7. The van der Waals surface area contributed by atoms with E-state index in [2.05, 4.69) is 73.3 Å². The summed E-state index contributed by atoms with van der Waals surface area (Å²) < 4.78 is 58.5. The largest absolute Gasteiger partial charge is 0.454 e. The number of aromatic amines is 2. The lowest BCUT2D eigenvalue weighted by Gasteiger charge is -2.25. The van der Waals surface area contributed by atoms with Crippen LogP contribution in [0.1, 0.15) is 108 Å². The molecule has 0 saturated heterocycles. The van der Waals surface area contributed by atoms with Gasteiger partial charge in [0.25, 0.3) is 0 Å². The highest BCUT2D eigenvalue weighted by atomic mass is 19.4. The van der Waals surface area contributed by atoms with Crippen LogP contribution < -0.4 is 30.0 Å². The first-order valence-corrected chi connectivity index (χ1v) is 23.7. The lowest BCUT2D eigenvalue weighted by Crippen LogP contribution is -2.39. The predicted molar refractivity (Wildman–Crippen MR) is 262 cm³/mol. The number of nitrogens with two attached hydrogens (primary N) is 1. The molecule has 376 valence electrons. The number of rotatable bonds is 13. The van der Waals surface area contributed by atoms with Gasteiger partial charge in [-0.2, -0.15) is 13.2 Å². The van der Waals surface area contributed by atoms with Crippen LogP contribution in [0.25, 0.3) is 21.8 Å². The molecule has 0 radical (unpaired) electrons. The number of fused-ring (bicyclic) bond motifs is 4. The summed E-state index contributed by atoms with van der Waals surface area (Å²) in [6, 6.07) is 28.4. The highest BCUT2D eigenvalue weighted by Crippen LogP contribution is 2.53. The van der Waals surface area contributed by atoms with Gasteiger partial charge in [-0.25, -0.2) is 4.79 Å². The number of carbonyl (C=O) groups excluding carboxylic acids is 4. The topological polar surface area (TPSA) is 184 Å². The van der Waals surface area contributed by atoms with E-state index in [0.717, 1.165) is 104 Å². The molecule has 6 aromatic rings. The Hall–Kier alpha value is -6.81. The number of aromatic nitrogens is 2. The maximum Gasteiger partial charge on any atom is 0.446 e. The highest BCUT2D eigenvalue weighted by Gasteiger charge is 2.52. The van der Waals surface area contributed by atoms with Crippen molar-refractivity contribution >= 4 is 45.8 Å². The molecule has 1 amide bonds. The van der Waals surface area contributed by atoms with E-state index in [0.29, 0.717) is 25.9 Å². The maximum atomic E-state index is 13.4. The van der Waals surface area contributed by atoms with E-state index in [1.54, 1.807) is 0 Å². The molecule has 2 aromatic heterocycles. The van der Waals surface area contributed by atoms with Gasteiger partial charge >= 0.3 is 12.3 Å². The molecular weight excluding hydrogens is 918 g/mol. The van der Waals surface area contributed by atoms with Gasteiger partial charge in [0, 0.05) is 59.2 Å². The molecule has 0 bridgehead atoms. The minimum atomic E-state index is -4.64. The molecule has 0 unspecified atom stereocenters. The number of ketones is 2. The molecule has 2 aliphatic carbocycles. The molecule has 2 aliphatic heterocycles. The Labute approximate surface area is 410 Å². The number of amides is 1. The third-order valence-corrected chi connectivity index (χ3v) is 13.7. The predicted octanol–water partition coefficient (Wildman–Crippen LogP) is 10.3. The molecule has 2 fully saturated rings. The summed E-state index contributed by atoms with van der Waals surface area (Å²) in [5, 5.41) is 5.05. The van der Waals surface area contributed by atoms with Gasteiger partial charge in [-0.3, -0.25) is 14.4 Å². The summed E-state index contributed by atoms with van der Waals surface area (Å²) in [6.45, 7) is 15.4. The van der Waals surface area contributed by atoms with E-state index in [-0.39, 0.29) is 41.4 Å². The van der Waals surface area contributed by atoms with E-state index in [4.69, 9.17) is 34.2 Å². The molecule has 10 rings (SSSR count). The number of alkyl carbamates (subject to hydrolysis) is 1. The Bertz CT molecular complexity index is 2990. The molecule has 0 atom stereocenters. The number of H-pyrrole nitrogens is 2. The molecule has 4 aliphatic rings. The molecule has 5 N–H and O–H groups in total. The van der Waals surface area contributed by atoms with Crippen molar-refractivity contribution in [3.63, 3.8) is 0 Å². The van der Waals surface area contributed by atoms with Gasteiger partial charge in [0.2, 0.25) is 19.9 Å². The van der Waals surface area contributed by atoms with E-state index in [1.165, 1.54) is 0 Å². The normalized spacial score (nSPS) is 16.0. The van der Waals surface area contributed by atoms with Crippen LogP contribution in [-0.2, 0) is 53.6 Å². The Morgan fingerprint density at radius 1 is 0.634 bits per heavy atom. The smallest absolute Gasteiger partial charge is 0.446 e. The molecule has 16 heteroatoms. The van der Waals surface area contributed by atoms with Gasteiger partial charge in [-0.1, -0.05) is 52.0 Å². The van der Waals surface area contributed by atoms with Gasteiger partial charge in [0.05, 0.1) is 10.8 Å². The second kappa shape index (κ2) is 19.1. The van der Waals surface area contributed by atoms with Crippen LogP contribution >= 0.6 is 0 Å². The first-order chi connectivity index (χ1) is 33.4. The van der Waals surface area contributed by atoms with Crippen LogP contribution in [0.3, 0.4) is 0 Å². The van der Waals surface area contributed by atoms with Gasteiger partial charge in [0.15, 0.2) is 23.0 Å². The number of Topliss-reactive ketones (excluding diaryl/α,β-unsaturated/α-hetero) is 2. The number of hydrogen-bond donors (Lipinski definition) is 4. The van der Waals surface area contributed by atoms with Crippen LogP contribution in [0.2, 0.25) is 0 Å². The van der Waals surface area contributed by atoms with Gasteiger partial charge in [0.1, 0.15) is 17.2 Å². The summed E-state index contributed by atoms with van der Waals surface area (Å²) in [7, 11) is 0. The van der Waals surface area contributed by atoms with Crippen molar-refractivity contribution in [2.75, 3.05) is 26.7 Å². The number of hydrogen-bond acceptors (Lipinski definition) is 10. The van der Waals surface area contributed by atoms with Crippen LogP contribution in [0.5, 0.6) is 23.0 Å². The minimum absolute atomic E-state index is 0.105. The van der Waals surface area contributed by atoms with Crippen molar-refractivity contribution in [1.29, 1.82) is 0 Å². The number of halogens is 3. The van der Waals surface area contributed by atoms with E-state index in [9.17, 15) is 27.6 Å². The van der Waals surface area contributed by atoms with Crippen LogP contribution in [0, 0.1) is 0 Å². The first-order valence-electron chi connectivity index (χ1n) is 23.7. The fourth-order valence-corrected chi connectivity index (χ4v) is 8.93. The number of aldehydes is 1. The first kappa shape index (κ1) is 50.6. The average Bonchev–Trinajstić information content (AvgIpc) is 4.01. The van der Waals surface area contributed by atoms with Crippen molar-refractivity contribution in [2.45, 2.75) is 120 Å². The molecule has 0 spiro atoms. The monoisotopic (exact) mass is 978 g/mol. The van der Waals surface area contributed by atoms with Gasteiger partial charge in [-0.15, -0.1) is 0 Å². The Morgan fingerprint density at radius 3 is 1.45 bits per heavy atom. The van der Waals surface area contributed by atoms with Crippen molar-refractivity contribution in [3.8, 4) is 23.0 Å². The lowest BCUT2D eigenvalue weighted by atomic mass is 9.87. The Kier molecular flexibility index (Phi) is 13.6. The number of ether oxygens (including phenoxy) is 5.